The molecule has 110 valence electrons. The predicted octanol–water partition coefficient (Wildman–Crippen LogP) is 4.25. The van der Waals surface area contributed by atoms with Gasteiger partial charge >= 0.3 is 0 Å². The Morgan fingerprint density at radius 3 is 2.29 bits per heavy atom. The van der Waals surface area contributed by atoms with Gasteiger partial charge in [0, 0.05) is 11.4 Å². The summed E-state index contributed by atoms with van der Waals surface area (Å²) in [5.74, 6) is 0.504. The Morgan fingerprint density at radius 1 is 1.00 bits per heavy atom. The summed E-state index contributed by atoms with van der Waals surface area (Å²) in [6, 6.07) is 17.8. The van der Waals surface area contributed by atoms with Crippen molar-refractivity contribution in [2.75, 3.05) is 17.2 Å². The molecule has 1 atom stereocenters. The van der Waals surface area contributed by atoms with Gasteiger partial charge < -0.3 is 10.6 Å². The third-order valence-corrected chi connectivity index (χ3v) is 3.60. The Morgan fingerprint density at radius 2 is 1.67 bits per heavy atom. The van der Waals surface area contributed by atoms with E-state index in [9.17, 15) is 4.79 Å². The molecule has 2 rings (SSSR count). The maximum Gasteiger partial charge on any atom is 0.243 e. The smallest absolute Gasteiger partial charge is 0.243 e. The van der Waals surface area contributed by atoms with Crippen LogP contribution in [0, 0.1) is 0 Å². The van der Waals surface area contributed by atoms with Crippen molar-refractivity contribution in [2.45, 2.75) is 26.2 Å². The molecule has 0 saturated carbocycles. The minimum Gasteiger partial charge on any atom is -0.376 e. The van der Waals surface area contributed by atoms with Crippen LogP contribution in [0.2, 0.25) is 0 Å². The highest BCUT2D eigenvalue weighted by atomic mass is 16.1. The summed E-state index contributed by atoms with van der Waals surface area (Å²) >= 11 is 0. The number of carbonyl (C=O) groups excluding carboxylic acids is 1. The van der Waals surface area contributed by atoms with E-state index in [0.717, 1.165) is 17.8 Å². The van der Waals surface area contributed by atoms with Crippen molar-refractivity contribution in [2.24, 2.45) is 0 Å². The summed E-state index contributed by atoms with van der Waals surface area (Å²) in [5.41, 5.74) is 3.08. The van der Waals surface area contributed by atoms with Crippen LogP contribution in [-0.2, 0) is 4.79 Å². The highest BCUT2D eigenvalue weighted by Gasteiger charge is 2.05. The van der Waals surface area contributed by atoms with Crippen molar-refractivity contribution >= 4 is 17.3 Å². The van der Waals surface area contributed by atoms with Gasteiger partial charge in [0.2, 0.25) is 5.91 Å². The minimum atomic E-state index is -0.0462. The molecular formula is C18H22N2O. The van der Waals surface area contributed by atoms with E-state index >= 15 is 0 Å². The molecule has 0 radical (unpaired) electrons. The maximum absolute atomic E-state index is 11.9. The van der Waals surface area contributed by atoms with Gasteiger partial charge in [0.1, 0.15) is 0 Å². The number of carbonyl (C=O) groups is 1. The molecule has 0 aromatic heterocycles. The summed E-state index contributed by atoms with van der Waals surface area (Å²) in [4.78, 5) is 11.9. The van der Waals surface area contributed by atoms with Crippen molar-refractivity contribution in [1.29, 1.82) is 0 Å². The van der Waals surface area contributed by atoms with E-state index in [2.05, 4.69) is 36.6 Å². The van der Waals surface area contributed by atoms with Crippen LogP contribution in [0.3, 0.4) is 0 Å². The molecule has 0 heterocycles. The number of hydrogen-bond donors (Lipinski definition) is 2. The first-order chi connectivity index (χ1) is 10.2. The molecule has 0 aliphatic heterocycles. The first-order valence-electron chi connectivity index (χ1n) is 7.37. The number of amides is 1. The first-order valence-corrected chi connectivity index (χ1v) is 7.37. The molecule has 0 aliphatic carbocycles. The van der Waals surface area contributed by atoms with E-state index in [-0.39, 0.29) is 12.5 Å². The molecule has 21 heavy (non-hydrogen) atoms. The van der Waals surface area contributed by atoms with Gasteiger partial charge in [0.25, 0.3) is 0 Å². The number of para-hydroxylation sites is 1. The van der Waals surface area contributed by atoms with Crippen LogP contribution < -0.4 is 10.6 Å². The second kappa shape index (κ2) is 7.48. The van der Waals surface area contributed by atoms with Crippen LogP contribution in [0.5, 0.6) is 0 Å². The lowest BCUT2D eigenvalue weighted by Crippen LogP contribution is -2.21. The molecule has 0 spiro atoms. The largest absolute Gasteiger partial charge is 0.376 e. The normalized spacial score (nSPS) is 11.7. The summed E-state index contributed by atoms with van der Waals surface area (Å²) in [6.45, 7) is 4.64. The molecular weight excluding hydrogens is 260 g/mol. The lowest BCUT2D eigenvalue weighted by molar-refractivity contribution is -0.114. The SMILES string of the molecule is CCC(C)c1ccc(NC(=O)CNc2ccccc2)cc1. The number of benzene rings is 2. The average molecular weight is 282 g/mol. The van der Waals surface area contributed by atoms with Crippen LogP contribution in [0.15, 0.2) is 54.6 Å². The lowest BCUT2D eigenvalue weighted by Gasteiger charge is -2.11. The maximum atomic E-state index is 11.9. The van der Waals surface area contributed by atoms with Crippen LogP contribution in [-0.4, -0.2) is 12.5 Å². The second-order valence-electron chi connectivity index (χ2n) is 5.20. The Bertz CT molecular complexity index is 564. The van der Waals surface area contributed by atoms with Crippen molar-refractivity contribution in [3.05, 3.63) is 60.2 Å². The minimum absolute atomic E-state index is 0.0462. The predicted molar refractivity (Wildman–Crippen MR) is 88.7 cm³/mol. The Balaban J connectivity index is 1.85. The van der Waals surface area contributed by atoms with Gasteiger partial charge in [-0.05, 0) is 42.2 Å². The Labute approximate surface area is 126 Å². The monoisotopic (exact) mass is 282 g/mol. The van der Waals surface area contributed by atoms with E-state index in [1.807, 2.05) is 42.5 Å². The summed E-state index contributed by atoms with van der Waals surface area (Å²) < 4.78 is 0. The van der Waals surface area contributed by atoms with Gasteiger partial charge in [-0.15, -0.1) is 0 Å². The Hall–Kier alpha value is -2.29. The van der Waals surface area contributed by atoms with Gasteiger partial charge in [0.15, 0.2) is 0 Å². The number of anilines is 2. The zero-order chi connectivity index (χ0) is 15.1. The summed E-state index contributed by atoms with van der Waals surface area (Å²) in [5, 5.41) is 5.99. The van der Waals surface area contributed by atoms with Crippen molar-refractivity contribution in [3.63, 3.8) is 0 Å². The summed E-state index contributed by atoms with van der Waals surface area (Å²) in [7, 11) is 0. The Kier molecular flexibility index (Phi) is 5.38. The molecule has 3 heteroatoms. The van der Waals surface area contributed by atoms with Crippen molar-refractivity contribution in [1.82, 2.24) is 0 Å². The van der Waals surface area contributed by atoms with Crippen LogP contribution in [0.25, 0.3) is 0 Å². The van der Waals surface area contributed by atoms with E-state index in [4.69, 9.17) is 0 Å². The summed E-state index contributed by atoms with van der Waals surface area (Å²) in [6.07, 6.45) is 1.12. The van der Waals surface area contributed by atoms with Crippen LogP contribution in [0.4, 0.5) is 11.4 Å². The van der Waals surface area contributed by atoms with Gasteiger partial charge in [-0.1, -0.05) is 44.2 Å². The molecule has 0 aliphatic rings. The average Bonchev–Trinajstić information content (AvgIpc) is 2.54. The molecule has 0 saturated heterocycles. The molecule has 2 aromatic carbocycles. The fraction of sp³-hybridized carbons (Fsp3) is 0.278. The second-order valence-corrected chi connectivity index (χ2v) is 5.20. The molecule has 0 fully saturated rings. The molecule has 1 unspecified atom stereocenters. The van der Waals surface area contributed by atoms with Gasteiger partial charge in [-0.3, -0.25) is 4.79 Å². The molecule has 2 N–H and O–H groups in total. The zero-order valence-corrected chi connectivity index (χ0v) is 12.6. The van der Waals surface area contributed by atoms with Crippen LogP contribution in [0.1, 0.15) is 31.7 Å². The fourth-order valence-electron chi connectivity index (χ4n) is 2.07. The highest BCUT2D eigenvalue weighted by molar-refractivity contribution is 5.93. The highest BCUT2D eigenvalue weighted by Crippen LogP contribution is 2.20. The van der Waals surface area contributed by atoms with E-state index in [1.165, 1.54) is 5.56 Å². The molecule has 0 bridgehead atoms. The van der Waals surface area contributed by atoms with E-state index in [1.54, 1.807) is 0 Å². The molecule has 2 aromatic rings. The molecule has 3 nitrogen and oxygen atoms in total. The van der Waals surface area contributed by atoms with E-state index in [0.29, 0.717) is 5.92 Å². The fourth-order valence-corrected chi connectivity index (χ4v) is 2.07. The van der Waals surface area contributed by atoms with Crippen LogP contribution >= 0.6 is 0 Å². The topological polar surface area (TPSA) is 41.1 Å². The first kappa shape index (κ1) is 15.1. The standard InChI is InChI=1S/C18H22N2O/c1-3-14(2)15-9-11-17(12-10-15)20-18(21)13-19-16-7-5-4-6-8-16/h4-12,14,19H,3,13H2,1-2H3,(H,20,21). The van der Waals surface area contributed by atoms with Gasteiger partial charge in [0.05, 0.1) is 6.54 Å². The number of hydrogen-bond acceptors (Lipinski definition) is 2. The lowest BCUT2D eigenvalue weighted by atomic mass is 9.99. The van der Waals surface area contributed by atoms with Gasteiger partial charge in [-0.2, -0.15) is 0 Å². The third kappa shape index (κ3) is 4.63. The quantitative estimate of drug-likeness (QED) is 0.831. The van der Waals surface area contributed by atoms with Gasteiger partial charge in [-0.25, -0.2) is 0 Å². The van der Waals surface area contributed by atoms with Crippen molar-refractivity contribution < 1.29 is 4.79 Å². The van der Waals surface area contributed by atoms with E-state index < -0.39 is 0 Å². The zero-order valence-electron chi connectivity index (χ0n) is 12.6. The number of nitrogens with one attached hydrogen (secondary N) is 2. The molecule has 1 amide bonds. The number of rotatable bonds is 6. The third-order valence-electron chi connectivity index (χ3n) is 3.60. The van der Waals surface area contributed by atoms with Crippen molar-refractivity contribution in [3.8, 4) is 0 Å².